The van der Waals surface area contributed by atoms with Crippen molar-refractivity contribution in [3.8, 4) is 0 Å². The highest BCUT2D eigenvalue weighted by molar-refractivity contribution is 9.10. The van der Waals surface area contributed by atoms with Crippen LogP contribution in [0.5, 0.6) is 0 Å². The van der Waals surface area contributed by atoms with E-state index in [1.54, 1.807) is 6.07 Å². The van der Waals surface area contributed by atoms with Crippen molar-refractivity contribution in [1.82, 2.24) is 0 Å². The van der Waals surface area contributed by atoms with Crippen molar-refractivity contribution in [3.05, 3.63) is 55.4 Å². The molecule has 0 unspecified atom stereocenters. The molecule has 1 nitrogen and oxygen atoms in total. The van der Waals surface area contributed by atoms with E-state index in [0.29, 0.717) is 0 Å². The number of ketones is 1. The fraction of sp³-hybridized carbons (Fsp3) is 0.0833. The van der Waals surface area contributed by atoms with Gasteiger partial charge in [0.25, 0.3) is 0 Å². The Morgan fingerprint density at radius 3 is 2.82 bits per heavy atom. The van der Waals surface area contributed by atoms with Gasteiger partial charge in [-0.1, -0.05) is 17.7 Å². The second kappa shape index (κ2) is 5.29. The molecule has 1 aromatic carbocycles. The zero-order valence-electron chi connectivity index (χ0n) is 8.54. The Labute approximate surface area is 115 Å². The lowest BCUT2D eigenvalue weighted by molar-refractivity contribution is 0.0990. The Morgan fingerprint density at radius 1 is 1.41 bits per heavy atom. The number of Topliss-reactive ketones (excluding diaryl/α,β-unsaturated/α-hetero) is 1. The van der Waals surface area contributed by atoms with Gasteiger partial charge in [0.15, 0.2) is 11.6 Å². The van der Waals surface area contributed by atoms with E-state index in [9.17, 15) is 9.18 Å². The third-order valence-corrected chi connectivity index (χ3v) is 4.48. The van der Waals surface area contributed by atoms with Gasteiger partial charge in [0.1, 0.15) is 0 Å². The highest BCUT2D eigenvalue weighted by atomic mass is 79.9. The van der Waals surface area contributed by atoms with Gasteiger partial charge in [0.05, 0.1) is 10.6 Å². The van der Waals surface area contributed by atoms with Crippen molar-refractivity contribution in [2.24, 2.45) is 0 Å². The third-order valence-electron chi connectivity index (χ3n) is 2.26. The first-order valence-electron chi connectivity index (χ1n) is 4.78. The molecule has 1 aromatic heterocycles. The van der Waals surface area contributed by atoms with Gasteiger partial charge in [-0.3, -0.25) is 4.79 Å². The standard InChI is InChI=1S/C12H7BrClFOS/c13-8-4-5-17-11(8)6-10(16)7-2-1-3-9(14)12(7)15/h1-5H,6H2. The Kier molecular flexibility index (Phi) is 3.97. The smallest absolute Gasteiger partial charge is 0.171 e. The van der Waals surface area contributed by atoms with Crippen LogP contribution < -0.4 is 0 Å². The molecule has 2 rings (SSSR count). The molecule has 2 aromatic rings. The SMILES string of the molecule is O=C(Cc1sccc1Br)c1cccc(Cl)c1F. The molecule has 0 aliphatic heterocycles. The number of halogens is 3. The summed E-state index contributed by atoms with van der Waals surface area (Å²) in [6.45, 7) is 0. The summed E-state index contributed by atoms with van der Waals surface area (Å²) in [5, 5.41) is 1.85. The second-order valence-corrected chi connectivity index (χ2v) is 5.66. The molecule has 0 aliphatic rings. The van der Waals surface area contributed by atoms with Crippen LogP contribution in [0.25, 0.3) is 0 Å². The first-order valence-corrected chi connectivity index (χ1v) is 6.83. The van der Waals surface area contributed by atoms with E-state index in [-0.39, 0.29) is 22.8 Å². The van der Waals surface area contributed by atoms with E-state index >= 15 is 0 Å². The molecule has 0 N–H and O–H groups in total. The predicted molar refractivity (Wildman–Crippen MR) is 71.5 cm³/mol. The van der Waals surface area contributed by atoms with Crippen molar-refractivity contribution in [2.45, 2.75) is 6.42 Å². The summed E-state index contributed by atoms with van der Waals surface area (Å²) in [7, 11) is 0. The molecule has 0 radical (unpaired) electrons. The quantitative estimate of drug-likeness (QED) is 0.742. The van der Waals surface area contributed by atoms with Gasteiger partial charge >= 0.3 is 0 Å². The van der Waals surface area contributed by atoms with Gasteiger partial charge in [0, 0.05) is 15.8 Å². The van der Waals surface area contributed by atoms with E-state index < -0.39 is 5.82 Å². The van der Waals surface area contributed by atoms with Crippen molar-refractivity contribution in [2.75, 3.05) is 0 Å². The summed E-state index contributed by atoms with van der Waals surface area (Å²) in [4.78, 5) is 12.8. The molecule has 0 amide bonds. The highest BCUT2D eigenvalue weighted by Crippen LogP contribution is 2.25. The van der Waals surface area contributed by atoms with E-state index in [2.05, 4.69) is 15.9 Å². The van der Waals surface area contributed by atoms with Crippen molar-refractivity contribution in [1.29, 1.82) is 0 Å². The van der Waals surface area contributed by atoms with Crippen LogP contribution in [0.2, 0.25) is 5.02 Å². The molecular formula is C12H7BrClFOS. The molecule has 17 heavy (non-hydrogen) atoms. The minimum atomic E-state index is -0.646. The van der Waals surface area contributed by atoms with E-state index in [1.165, 1.54) is 23.5 Å². The number of rotatable bonds is 3. The average Bonchev–Trinajstić information content (AvgIpc) is 2.68. The number of hydrogen-bond acceptors (Lipinski definition) is 2. The Morgan fingerprint density at radius 2 is 2.18 bits per heavy atom. The van der Waals surface area contributed by atoms with Crippen molar-refractivity contribution in [3.63, 3.8) is 0 Å². The maximum atomic E-state index is 13.6. The van der Waals surface area contributed by atoms with Gasteiger partial charge in [-0.2, -0.15) is 0 Å². The highest BCUT2D eigenvalue weighted by Gasteiger charge is 2.16. The molecule has 0 fully saturated rings. The average molecular weight is 334 g/mol. The van der Waals surface area contributed by atoms with Gasteiger partial charge in [-0.15, -0.1) is 11.3 Å². The normalized spacial score (nSPS) is 10.5. The van der Waals surface area contributed by atoms with Crippen LogP contribution in [0, 0.1) is 5.82 Å². The minimum absolute atomic E-state index is 0.0268. The van der Waals surface area contributed by atoms with Crippen LogP contribution in [0.1, 0.15) is 15.2 Å². The molecule has 0 saturated heterocycles. The van der Waals surface area contributed by atoms with Crippen LogP contribution in [-0.2, 0) is 6.42 Å². The van der Waals surface area contributed by atoms with Crippen molar-refractivity contribution < 1.29 is 9.18 Å². The number of carbonyl (C=O) groups excluding carboxylic acids is 1. The summed E-state index contributed by atoms with van der Waals surface area (Å²) in [5.74, 6) is -0.917. The minimum Gasteiger partial charge on any atom is -0.294 e. The summed E-state index contributed by atoms with van der Waals surface area (Å²) >= 11 is 10.4. The van der Waals surface area contributed by atoms with Gasteiger partial charge in [-0.25, -0.2) is 4.39 Å². The molecule has 0 spiro atoms. The van der Waals surface area contributed by atoms with E-state index in [4.69, 9.17) is 11.6 Å². The molecule has 5 heteroatoms. The zero-order chi connectivity index (χ0) is 12.4. The maximum Gasteiger partial charge on any atom is 0.171 e. The monoisotopic (exact) mass is 332 g/mol. The number of benzene rings is 1. The molecule has 0 saturated carbocycles. The Bertz CT molecular complexity index is 567. The fourth-order valence-electron chi connectivity index (χ4n) is 1.41. The van der Waals surface area contributed by atoms with Gasteiger partial charge < -0.3 is 0 Å². The zero-order valence-corrected chi connectivity index (χ0v) is 11.7. The van der Waals surface area contributed by atoms with E-state index in [1.807, 2.05) is 11.4 Å². The van der Waals surface area contributed by atoms with Crippen LogP contribution >= 0.6 is 38.9 Å². The maximum absolute atomic E-state index is 13.6. The molecule has 1 heterocycles. The van der Waals surface area contributed by atoms with Crippen LogP contribution in [0.4, 0.5) is 4.39 Å². The number of carbonyl (C=O) groups is 1. The number of thiophene rings is 1. The lowest BCUT2D eigenvalue weighted by atomic mass is 10.1. The van der Waals surface area contributed by atoms with Crippen LogP contribution in [0.15, 0.2) is 34.1 Å². The first-order chi connectivity index (χ1) is 8.09. The molecule has 88 valence electrons. The fourth-order valence-corrected chi connectivity index (χ4v) is 3.08. The topological polar surface area (TPSA) is 17.1 Å². The van der Waals surface area contributed by atoms with Crippen LogP contribution in [0.3, 0.4) is 0 Å². The largest absolute Gasteiger partial charge is 0.294 e. The third kappa shape index (κ3) is 2.76. The predicted octanol–water partition coefficient (Wildman–Crippen LogP) is 4.73. The number of hydrogen-bond donors (Lipinski definition) is 0. The first kappa shape index (κ1) is 12.7. The Hall–Kier alpha value is -0.710. The summed E-state index contributed by atoms with van der Waals surface area (Å²) in [5.41, 5.74) is 0.0396. The van der Waals surface area contributed by atoms with Gasteiger partial charge in [-0.05, 0) is 39.5 Å². The summed E-state index contributed by atoms with van der Waals surface area (Å²) < 4.78 is 14.5. The van der Waals surface area contributed by atoms with Crippen molar-refractivity contribution >= 4 is 44.7 Å². The second-order valence-electron chi connectivity index (χ2n) is 3.39. The Balaban J connectivity index is 2.27. The lowest BCUT2D eigenvalue weighted by Gasteiger charge is -2.03. The van der Waals surface area contributed by atoms with Gasteiger partial charge in [0.2, 0.25) is 0 Å². The molecule has 0 aliphatic carbocycles. The molecule has 0 atom stereocenters. The lowest BCUT2D eigenvalue weighted by Crippen LogP contribution is -2.05. The van der Waals surface area contributed by atoms with E-state index in [0.717, 1.165) is 9.35 Å². The molecule has 0 bridgehead atoms. The summed E-state index contributed by atoms with van der Waals surface area (Å²) in [6, 6.07) is 6.31. The molecular weight excluding hydrogens is 327 g/mol. The summed E-state index contributed by atoms with van der Waals surface area (Å²) in [6.07, 6.45) is 0.176. The van der Waals surface area contributed by atoms with Crippen LogP contribution in [-0.4, -0.2) is 5.78 Å².